The van der Waals surface area contributed by atoms with Crippen LogP contribution in [0.15, 0.2) is 29.9 Å². The van der Waals surface area contributed by atoms with Gasteiger partial charge >= 0.3 is 0 Å². The van der Waals surface area contributed by atoms with Crippen molar-refractivity contribution < 1.29 is 23.1 Å². The summed E-state index contributed by atoms with van der Waals surface area (Å²) in [6.45, 7) is 8.80. The molecule has 0 bridgehead atoms. The van der Waals surface area contributed by atoms with Crippen LogP contribution < -0.4 is 16.0 Å². The number of aliphatic hydroxyl groups is 1. The van der Waals surface area contributed by atoms with E-state index in [1.54, 1.807) is 11.6 Å². The SMILES string of the molecule is CC.CC(C)(F)CNc1cc(Nc2cc3scnc3cc2F)ncc1C(=O)NC[C@@H](F)C(C)(C)O. The van der Waals surface area contributed by atoms with Gasteiger partial charge in [0.15, 0.2) is 0 Å². The molecule has 0 aliphatic carbocycles. The van der Waals surface area contributed by atoms with Crippen LogP contribution in [0.3, 0.4) is 0 Å². The van der Waals surface area contributed by atoms with Crippen molar-refractivity contribution in [1.82, 2.24) is 15.3 Å². The molecule has 0 aliphatic heterocycles. The predicted octanol–water partition coefficient (Wildman–Crippen LogP) is 5.60. The minimum atomic E-state index is -1.69. The van der Waals surface area contributed by atoms with Gasteiger partial charge in [0.1, 0.15) is 23.5 Å². The number of alkyl halides is 2. The van der Waals surface area contributed by atoms with Crippen LogP contribution >= 0.6 is 11.3 Å². The molecule has 0 aliphatic rings. The van der Waals surface area contributed by atoms with Gasteiger partial charge in [0.2, 0.25) is 0 Å². The number of halogens is 3. The number of amides is 1. The molecule has 7 nitrogen and oxygen atoms in total. The zero-order valence-corrected chi connectivity index (χ0v) is 21.5. The fraction of sp³-hybridized carbons (Fsp3) is 0.458. The van der Waals surface area contributed by atoms with Crippen LogP contribution in [0.2, 0.25) is 0 Å². The molecule has 1 aromatic carbocycles. The molecule has 11 heteroatoms. The highest BCUT2D eigenvalue weighted by Gasteiger charge is 2.27. The summed E-state index contributed by atoms with van der Waals surface area (Å²) in [6, 6.07) is 4.34. The Morgan fingerprint density at radius 3 is 2.46 bits per heavy atom. The Hall–Kier alpha value is -2.92. The standard InChI is InChI=1S/C22H26F3N5O2S.C2H6/c1-21(2,25)10-28-14-7-19(30-15-6-17-16(5-13(15)23)29-11-33-17)26-8-12(14)20(31)27-9-18(24)22(3,4)32;1-2/h5-8,11,18,32H,9-10H2,1-4H3,(H,27,31)(H2,26,28,30);1-2H3/t18-;/m1./s1. The summed E-state index contributed by atoms with van der Waals surface area (Å²) in [6.07, 6.45) is -0.465. The van der Waals surface area contributed by atoms with Crippen molar-refractivity contribution in [2.45, 2.75) is 59.0 Å². The summed E-state index contributed by atoms with van der Waals surface area (Å²) in [5.74, 6) is -0.970. The van der Waals surface area contributed by atoms with Crippen LogP contribution in [0, 0.1) is 5.82 Å². The molecule has 1 atom stereocenters. The molecule has 1 amide bonds. The normalized spacial score (nSPS) is 12.5. The van der Waals surface area contributed by atoms with Gasteiger partial charge in [-0.3, -0.25) is 4.79 Å². The zero-order chi connectivity index (χ0) is 26.4. The highest BCUT2D eigenvalue weighted by molar-refractivity contribution is 7.16. The van der Waals surface area contributed by atoms with Gasteiger partial charge < -0.3 is 21.1 Å². The number of hydrogen-bond donors (Lipinski definition) is 4. The van der Waals surface area contributed by atoms with Gasteiger partial charge in [-0.1, -0.05) is 13.8 Å². The van der Waals surface area contributed by atoms with Gasteiger partial charge in [-0.15, -0.1) is 11.3 Å². The molecule has 192 valence electrons. The molecule has 0 radical (unpaired) electrons. The van der Waals surface area contributed by atoms with Gasteiger partial charge in [-0.2, -0.15) is 0 Å². The summed E-state index contributed by atoms with van der Waals surface area (Å²) >= 11 is 1.36. The highest BCUT2D eigenvalue weighted by atomic mass is 32.1. The van der Waals surface area contributed by atoms with E-state index in [1.165, 1.54) is 57.4 Å². The number of hydrogen-bond acceptors (Lipinski definition) is 7. The van der Waals surface area contributed by atoms with Gasteiger partial charge in [0, 0.05) is 24.9 Å². The summed E-state index contributed by atoms with van der Waals surface area (Å²) in [4.78, 5) is 20.9. The number of aromatic nitrogens is 2. The predicted molar refractivity (Wildman–Crippen MR) is 136 cm³/mol. The molecule has 0 spiro atoms. The lowest BCUT2D eigenvalue weighted by atomic mass is 10.0. The van der Waals surface area contributed by atoms with Crippen LogP contribution in [-0.4, -0.2) is 51.5 Å². The maximum absolute atomic E-state index is 14.5. The van der Waals surface area contributed by atoms with Gasteiger partial charge in [-0.05, 0) is 33.8 Å². The molecule has 0 saturated heterocycles. The van der Waals surface area contributed by atoms with Crippen molar-refractivity contribution in [3.8, 4) is 0 Å². The van der Waals surface area contributed by atoms with Gasteiger partial charge in [0.05, 0.1) is 44.8 Å². The maximum Gasteiger partial charge on any atom is 0.255 e. The number of nitrogens with one attached hydrogen (secondary N) is 3. The molecule has 35 heavy (non-hydrogen) atoms. The first-order valence-corrected chi connectivity index (χ1v) is 12.1. The molecule has 0 unspecified atom stereocenters. The number of rotatable bonds is 9. The molecule has 2 heterocycles. The number of carbonyl (C=O) groups excluding carboxylic acids is 1. The third-order valence-corrected chi connectivity index (χ3v) is 5.53. The lowest BCUT2D eigenvalue weighted by Gasteiger charge is -2.23. The second kappa shape index (κ2) is 11.7. The largest absolute Gasteiger partial charge is 0.387 e. The van der Waals surface area contributed by atoms with Crippen molar-refractivity contribution >= 4 is 44.7 Å². The Morgan fingerprint density at radius 2 is 1.83 bits per heavy atom. The van der Waals surface area contributed by atoms with Gasteiger partial charge in [0.25, 0.3) is 5.91 Å². The van der Waals surface area contributed by atoms with E-state index in [-0.39, 0.29) is 29.3 Å². The van der Waals surface area contributed by atoms with E-state index in [1.807, 2.05) is 13.8 Å². The minimum Gasteiger partial charge on any atom is -0.387 e. The van der Waals surface area contributed by atoms with Crippen LogP contribution in [0.5, 0.6) is 0 Å². The third-order valence-electron chi connectivity index (χ3n) is 4.74. The molecule has 3 rings (SSSR count). The monoisotopic (exact) mass is 511 g/mol. The van der Waals surface area contributed by atoms with Crippen LogP contribution in [-0.2, 0) is 0 Å². The average molecular weight is 512 g/mol. The number of pyridine rings is 1. The number of anilines is 3. The Balaban J connectivity index is 0.00000210. The molecule has 4 N–H and O–H groups in total. The smallest absolute Gasteiger partial charge is 0.255 e. The lowest BCUT2D eigenvalue weighted by molar-refractivity contribution is -0.00177. The van der Waals surface area contributed by atoms with E-state index in [2.05, 4.69) is 25.9 Å². The fourth-order valence-electron chi connectivity index (χ4n) is 2.80. The first-order valence-electron chi connectivity index (χ1n) is 11.2. The quantitative estimate of drug-likeness (QED) is 0.299. The van der Waals surface area contributed by atoms with Crippen LogP contribution in [0.1, 0.15) is 51.9 Å². The number of fused-ring (bicyclic) bond motifs is 1. The zero-order valence-electron chi connectivity index (χ0n) is 20.7. The summed E-state index contributed by atoms with van der Waals surface area (Å²) in [7, 11) is 0. The molecule has 0 fully saturated rings. The minimum absolute atomic E-state index is 0.0473. The number of thiazole rings is 1. The topological polar surface area (TPSA) is 99.2 Å². The van der Waals surface area contributed by atoms with Crippen LogP contribution in [0.25, 0.3) is 10.2 Å². The van der Waals surface area contributed by atoms with Crippen LogP contribution in [0.4, 0.5) is 30.4 Å². The lowest BCUT2D eigenvalue weighted by Crippen LogP contribution is -2.42. The molecule has 3 aromatic rings. The van der Waals surface area contributed by atoms with E-state index < -0.39 is 35.7 Å². The first kappa shape index (κ1) is 28.3. The van der Waals surface area contributed by atoms with Crippen molar-refractivity contribution in [1.29, 1.82) is 0 Å². The summed E-state index contributed by atoms with van der Waals surface area (Å²) < 4.78 is 43.3. The molecular weight excluding hydrogens is 479 g/mol. The second-order valence-electron chi connectivity index (χ2n) is 8.80. The van der Waals surface area contributed by atoms with Crippen molar-refractivity contribution in [2.75, 3.05) is 23.7 Å². The molecule has 0 saturated carbocycles. The summed E-state index contributed by atoms with van der Waals surface area (Å²) in [5, 5.41) is 17.8. The number of nitrogens with zero attached hydrogens (tertiary/aromatic N) is 2. The average Bonchev–Trinajstić information content (AvgIpc) is 3.23. The third kappa shape index (κ3) is 8.07. The Labute approximate surface area is 207 Å². The van der Waals surface area contributed by atoms with E-state index in [0.717, 1.165) is 4.70 Å². The van der Waals surface area contributed by atoms with E-state index in [9.17, 15) is 23.1 Å². The Kier molecular flexibility index (Phi) is 9.45. The van der Waals surface area contributed by atoms with E-state index in [0.29, 0.717) is 5.52 Å². The molecule has 2 aromatic heterocycles. The van der Waals surface area contributed by atoms with E-state index in [4.69, 9.17) is 0 Å². The summed E-state index contributed by atoms with van der Waals surface area (Å²) in [5.41, 5.74) is -0.618. The Morgan fingerprint density at radius 1 is 1.14 bits per heavy atom. The van der Waals surface area contributed by atoms with Crippen molar-refractivity contribution in [3.63, 3.8) is 0 Å². The number of benzene rings is 1. The highest BCUT2D eigenvalue weighted by Crippen LogP contribution is 2.29. The number of carbonyl (C=O) groups is 1. The van der Waals surface area contributed by atoms with Gasteiger partial charge in [-0.25, -0.2) is 23.1 Å². The van der Waals surface area contributed by atoms with E-state index >= 15 is 0 Å². The molecular formula is C24H32F3N5O2S. The van der Waals surface area contributed by atoms with Crippen molar-refractivity contribution in [2.24, 2.45) is 0 Å². The first-order chi connectivity index (χ1) is 16.3. The van der Waals surface area contributed by atoms with Crippen molar-refractivity contribution in [3.05, 3.63) is 41.3 Å². The fourth-order valence-corrected chi connectivity index (χ4v) is 3.49. The maximum atomic E-state index is 14.5. The Bertz CT molecular complexity index is 1140. The second-order valence-corrected chi connectivity index (χ2v) is 9.68.